The molecule has 100 valence electrons. The van der Waals surface area contributed by atoms with E-state index in [0.717, 1.165) is 19.1 Å². The summed E-state index contributed by atoms with van der Waals surface area (Å²) in [6.45, 7) is 4.20. The molecule has 1 unspecified atom stereocenters. The predicted molar refractivity (Wildman–Crippen MR) is 65.6 cm³/mol. The topological polar surface area (TPSA) is 71.7 Å². The lowest BCUT2D eigenvalue weighted by molar-refractivity contribution is 0.0659. The van der Waals surface area contributed by atoms with Crippen LogP contribution in [0.3, 0.4) is 0 Å². The first-order valence-electron chi connectivity index (χ1n) is 6.31. The molecule has 1 heterocycles. The summed E-state index contributed by atoms with van der Waals surface area (Å²) in [5.74, 6) is 0.352. The Morgan fingerprint density at radius 2 is 2.39 bits per heavy atom. The number of hydrogen-bond donors (Lipinski definition) is 2. The van der Waals surface area contributed by atoms with E-state index in [-0.39, 0.29) is 11.8 Å². The minimum atomic E-state index is -1.04. The number of ether oxygens (including phenoxy) is 1. The number of carboxylic acids is 1. The van der Waals surface area contributed by atoms with Gasteiger partial charge < -0.3 is 19.6 Å². The zero-order chi connectivity index (χ0) is 13.0. The van der Waals surface area contributed by atoms with Gasteiger partial charge in [-0.25, -0.2) is 4.79 Å². The maximum atomic E-state index is 10.7. The summed E-state index contributed by atoms with van der Waals surface area (Å²) >= 11 is 0. The van der Waals surface area contributed by atoms with Gasteiger partial charge in [0.1, 0.15) is 5.76 Å². The van der Waals surface area contributed by atoms with Gasteiger partial charge in [-0.05, 0) is 37.8 Å². The zero-order valence-corrected chi connectivity index (χ0v) is 10.5. The molecule has 1 aliphatic rings. The molecule has 1 aromatic rings. The third-order valence-electron chi connectivity index (χ3n) is 3.01. The molecule has 0 aromatic carbocycles. The Labute approximate surface area is 106 Å². The first-order chi connectivity index (χ1) is 8.66. The largest absolute Gasteiger partial charge is 0.475 e. The van der Waals surface area contributed by atoms with Crippen LogP contribution >= 0.6 is 0 Å². The van der Waals surface area contributed by atoms with E-state index in [1.54, 1.807) is 6.07 Å². The number of furan rings is 1. The third kappa shape index (κ3) is 3.85. The van der Waals surface area contributed by atoms with Crippen LogP contribution in [0.25, 0.3) is 0 Å². The van der Waals surface area contributed by atoms with Gasteiger partial charge in [0.05, 0.1) is 12.6 Å². The molecular formula is C13H19NO4. The van der Waals surface area contributed by atoms with Gasteiger partial charge in [-0.2, -0.15) is 0 Å². The van der Waals surface area contributed by atoms with Crippen molar-refractivity contribution in [3.63, 3.8) is 0 Å². The second kappa shape index (κ2) is 6.02. The lowest BCUT2D eigenvalue weighted by Crippen LogP contribution is -2.23. The molecule has 0 spiro atoms. The molecule has 0 radical (unpaired) electrons. The fourth-order valence-electron chi connectivity index (χ4n) is 1.68. The predicted octanol–water partition coefficient (Wildman–Crippen LogP) is 2.06. The van der Waals surface area contributed by atoms with Gasteiger partial charge in [-0.3, -0.25) is 0 Å². The Balaban J connectivity index is 1.65. The smallest absolute Gasteiger partial charge is 0.371 e. The molecule has 0 aliphatic heterocycles. The van der Waals surface area contributed by atoms with Gasteiger partial charge >= 0.3 is 5.97 Å². The Morgan fingerprint density at radius 3 is 3.00 bits per heavy atom. The van der Waals surface area contributed by atoms with Crippen molar-refractivity contribution in [3.8, 4) is 0 Å². The standard InChI is InChI=1S/C13H19NO4/c1-9(11-4-5-12(18-11)13(15)16)14-6-7-17-8-10-2-3-10/h4-5,9-10,14H,2-3,6-8H2,1H3,(H,15,16). The van der Waals surface area contributed by atoms with Crippen molar-refractivity contribution >= 4 is 5.97 Å². The summed E-state index contributed by atoms with van der Waals surface area (Å²) < 4.78 is 10.7. The van der Waals surface area contributed by atoms with E-state index < -0.39 is 5.97 Å². The van der Waals surface area contributed by atoms with Gasteiger partial charge in [-0.15, -0.1) is 0 Å². The highest BCUT2D eigenvalue weighted by Crippen LogP contribution is 2.28. The van der Waals surface area contributed by atoms with Crippen molar-refractivity contribution in [1.82, 2.24) is 5.32 Å². The van der Waals surface area contributed by atoms with Crippen LogP contribution in [0, 0.1) is 5.92 Å². The van der Waals surface area contributed by atoms with Crippen molar-refractivity contribution in [2.24, 2.45) is 5.92 Å². The van der Waals surface area contributed by atoms with Crippen LogP contribution in [-0.2, 0) is 4.74 Å². The van der Waals surface area contributed by atoms with Crippen LogP contribution < -0.4 is 5.32 Å². The molecule has 0 amide bonds. The van der Waals surface area contributed by atoms with Gasteiger partial charge in [0.15, 0.2) is 0 Å². The summed E-state index contributed by atoms with van der Waals surface area (Å²) in [5.41, 5.74) is 0. The summed E-state index contributed by atoms with van der Waals surface area (Å²) in [7, 11) is 0. The Hall–Kier alpha value is -1.33. The van der Waals surface area contributed by atoms with Crippen molar-refractivity contribution in [1.29, 1.82) is 0 Å². The van der Waals surface area contributed by atoms with Crippen LogP contribution in [-0.4, -0.2) is 30.8 Å². The molecule has 1 atom stereocenters. The van der Waals surface area contributed by atoms with E-state index in [0.29, 0.717) is 12.4 Å². The molecule has 5 heteroatoms. The van der Waals surface area contributed by atoms with E-state index in [9.17, 15) is 4.79 Å². The highest BCUT2D eigenvalue weighted by atomic mass is 16.5. The molecule has 0 saturated heterocycles. The monoisotopic (exact) mass is 253 g/mol. The molecular weight excluding hydrogens is 234 g/mol. The van der Waals surface area contributed by atoms with Crippen LogP contribution in [0.4, 0.5) is 0 Å². The summed E-state index contributed by atoms with van der Waals surface area (Å²) in [6, 6.07) is 3.15. The molecule has 1 aromatic heterocycles. The minimum absolute atomic E-state index is 0.0115. The number of hydrogen-bond acceptors (Lipinski definition) is 4. The van der Waals surface area contributed by atoms with Gasteiger partial charge in [0, 0.05) is 13.2 Å². The Kier molecular flexibility index (Phi) is 4.38. The van der Waals surface area contributed by atoms with Gasteiger partial charge in [0.2, 0.25) is 5.76 Å². The maximum Gasteiger partial charge on any atom is 0.371 e. The number of carboxylic acid groups (broad SMARTS) is 1. The van der Waals surface area contributed by atoms with Crippen molar-refractivity contribution < 1.29 is 19.1 Å². The van der Waals surface area contributed by atoms with E-state index >= 15 is 0 Å². The fraction of sp³-hybridized carbons (Fsp3) is 0.615. The molecule has 2 rings (SSSR count). The first kappa shape index (κ1) is 13.1. The lowest BCUT2D eigenvalue weighted by atomic mass is 10.2. The average molecular weight is 253 g/mol. The fourth-order valence-corrected chi connectivity index (χ4v) is 1.68. The number of rotatable bonds is 8. The normalized spacial score (nSPS) is 16.7. The number of nitrogens with one attached hydrogen (secondary N) is 1. The zero-order valence-electron chi connectivity index (χ0n) is 10.5. The third-order valence-corrected chi connectivity index (χ3v) is 3.01. The molecule has 1 aliphatic carbocycles. The minimum Gasteiger partial charge on any atom is -0.475 e. The quantitative estimate of drug-likeness (QED) is 0.694. The molecule has 18 heavy (non-hydrogen) atoms. The van der Waals surface area contributed by atoms with Crippen molar-refractivity contribution in [2.75, 3.05) is 19.8 Å². The molecule has 2 N–H and O–H groups in total. The Morgan fingerprint density at radius 1 is 1.61 bits per heavy atom. The molecule has 1 saturated carbocycles. The Bertz CT molecular complexity index is 397. The van der Waals surface area contributed by atoms with Crippen LogP contribution in [0.5, 0.6) is 0 Å². The summed E-state index contributed by atoms with van der Waals surface area (Å²) in [5, 5.41) is 12.0. The van der Waals surface area contributed by atoms with E-state index in [1.165, 1.54) is 18.9 Å². The van der Waals surface area contributed by atoms with Crippen molar-refractivity contribution in [2.45, 2.75) is 25.8 Å². The maximum absolute atomic E-state index is 10.7. The van der Waals surface area contributed by atoms with Crippen LogP contribution in [0.2, 0.25) is 0 Å². The SMILES string of the molecule is CC(NCCOCC1CC1)c1ccc(C(=O)O)o1. The van der Waals surface area contributed by atoms with Gasteiger partial charge in [-0.1, -0.05) is 0 Å². The summed E-state index contributed by atoms with van der Waals surface area (Å²) in [6.07, 6.45) is 2.60. The van der Waals surface area contributed by atoms with Gasteiger partial charge in [0.25, 0.3) is 0 Å². The average Bonchev–Trinajstić information content (AvgIpc) is 3.02. The molecule has 1 fully saturated rings. The van der Waals surface area contributed by atoms with Crippen LogP contribution in [0.15, 0.2) is 16.5 Å². The summed E-state index contributed by atoms with van der Waals surface area (Å²) in [4.78, 5) is 10.7. The number of aromatic carboxylic acids is 1. The van der Waals surface area contributed by atoms with Crippen LogP contribution in [0.1, 0.15) is 42.1 Å². The second-order valence-electron chi connectivity index (χ2n) is 4.70. The first-order valence-corrected chi connectivity index (χ1v) is 6.31. The van der Waals surface area contributed by atoms with E-state index in [4.69, 9.17) is 14.3 Å². The second-order valence-corrected chi connectivity index (χ2v) is 4.70. The highest BCUT2D eigenvalue weighted by Gasteiger charge is 2.21. The van der Waals surface area contributed by atoms with Crippen molar-refractivity contribution in [3.05, 3.63) is 23.7 Å². The highest BCUT2D eigenvalue weighted by molar-refractivity contribution is 5.84. The lowest BCUT2D eigenvalue weighted by Gasteiger charge is -2.11. The molecule has 5 nitrogen and oxygen atoms in total. The number of carbonyl (C=O) groups is 1. The van der Waals surface area contributed by atoms with E-state index in [1.807, 2.05) is 6.92 Å². The molecule has 0 bridgehead atoms. The van der Waals surface area contributed by atoms with E-state index in [2.05, 4.69) is 5.32 Å².